The van der Waals surface area contributed by atoms with E-state index in [1.54, 1.807) is 13.1 Å². The molecule has 2 aromatic heterocycles. The van der Waals surface area contributed by atoms with Gasteiger partial charge in [0.2, 0.25) is 0 Å². The second kappa shape index (κ2) is 11.9. The van der Waals surface area contributed by atoms with E-state index in [1.165, 1.54) is 11.3 Å². The Labute approximate surface area is 235 Å². The summed E-state index contributed by atoms with van der Waals surface area (Å²) < 4.78 is 0. The number of hydrogen-bond acceptors (Lipinski definition) is 9. The quantitative estimate of drug-likeness (QED) is 0.355. The zero-order chi connectivity index (χ0) is 27.6. The number of aromatic nitrogens is 2. The molecule has 0 radical (unpaired) electrons. The fourth-order valence-corrected chi connectivity index (χ4v) is 5.75. The highest BCUT2D eigenvalue weighted by atomic mass is 35.5. The first-order chi connectivity index (χ1) is 18.0. The molecule has 1 amide bonds. The van der Waals surface area contributed by atoms with Crippen LogP contribution < -0.4 is 15.5 Å². The molecule has 11 nitrogen and oxygen atoms in total. The summed E-state index contributed by atoms with van der Waals surface area (Å²) in [4.78, 5) is 43.2. The number of aromatic amines is 1. The molecule has 1 atom stereocenters. The molecule has 1 unspecified atom stereocenters. The standard InChI is InChI=1S/C24H32Cl2N8O3S/c1-13-17(25)18(26)20(29-13)22(35)30-14-5-8-34(9-6-14)24-31-19(21(38-24)23(36)37)15-11-28-16(12-33(15)4)27-7-10-32(2)3/h11-12,14-15,27,29H,5-10H2,1-4H3,(H,30,35)(H,36,37). The summed E-state index contributed by atoms with van der Waals surface area (Å²) in [7, 11) is 5.89. The normalized spacial score (nSPS) is 18.2. The Morgan fingerprint density at radius 1 is 1.26 bits per heavy atom. The largest absolute Gasteiger partial charge is 0.477 e. The molecule has 2 aromatic rings. The van der Waals surface area contributed by atoms with Crippen molar-refractivity contribution < 1.29 is 14.7 Å². The van der Waals surface area contributed by atoms with Gasteiger partial charge in [-0.05, 0) is 33.9 Å². The lowest BCUT2D eigenvalue weighted by molar-refractivity contribution is 0.0699. The Morgan fingerprint density at radius 2 is 1.97 bits per heavy atom. The average Bonchev–Trinajstić information content (AvgIpc) is 3.42. The second-order valence-electron chi connectivity index (χ2n) is 9.64. The number of aliphatic imine (C=N–C) groups is 1. The molecular formula is C24H32Cl2N8O3S. The van der Waals surface area contributed by atoms with Crippen LogP contribution >= 0.6 is 34.5 Å². The summed E-state index contributed by atoms with van der Waals surface area (Å²) in [6.07, 6.45) is 4.96. The molecule has 0 saturated carbocycles. The highest BCUT2D eigenvalue weighted by molar-refractivity contribution is 7.17. The summed E-state index contributed by atoms with van der Waals surface area (Å²) in [6, 6.07) is -0.432. The van der Waals surface area contributed by atoms with Crippen LogP contribution in [0.4, 0.5) is 5.13 Å². The molecular weight excluding hydrogens is 551 g/mol. The van der Waals surface area contributed by atoms with Gasteiger partial charge in [0.25, 0.3) is 5.91 Å². The zero-order valence-corrected chi connectivity index (χ0v) is 24.0. The number of hydrogen-bond donors (Lipinski definition) is 4. The monoisotopic (exact) mass is 582 g/mol. The van der Waals surface area contributed by atoms with Gasteiger partial charge in [-0.1, -0.05) is 34.5 Å². The van der Waals surface area contributed by atoms with E-state index in [1.807, 2.05) is 32.2 Å². The van der Waals surface area contributed by atoms with Crippen molar-refractivity contribution in [2.45, 2.75) is 31.8 Å². The fraction of sp³-hybridized carbons (Fsp3) is 0.500. The van der Waals surface area contributed by atoms with Crippen LogP contribution in [0.2, 0.25) is 10.0 Å². The smallest absolute Gasteiger partial charge is 0.347 e. The molecule has 2 aliphatic heterocycles. The number of carbonyl (C=O) groups is 2. The zero-order valence-electron chi connectivity index (χ0n) is 21.7. The van der Waals surface area contributed by atoms with Gasteiger partial charge in [0.15, 0.2) is 5.13 Å². The SMILES string of the molecule is Cc1[nH]c(C(=O)NC2CCN(c3nc(C4C=NC(NCCN(C)C)=CN4C)c(C(=O)O)s3)CC2)c(Cl)c1Cl. The molecule has 14 heteroatoms. The number of carboxylic acid groups (broad SMARTS) is 1. The van der Waals surface area contributed by atoms with Crippen LogP contribution in [0.3, 0.4) is 0 Å². The van der Waals surface area contributed by atoms with Gasteiger partial charge in [-0.2, -0.15) is 0 Å². The predicted octanol–water partition coefficient (Wildman–Crippen LogP) is 3.19. The number of rotatable bonds is 9. The molecule has 0 aliphatic carbocycles. The molecule has 2 aliphatic rings. The van der Waals surface area contributed by atoms with E-state index in [-0.39, 0.29) is 33.6 Å². The number of thiazole rings is 1. The summed E-state index contributed by atoms with van der Waals surface area (Å²) in [6.45, 7) is 4.63. The molecule has 0 spiro atoms. The summed E-state index contributed by atoms with van der Waals surface area (Å²) in [5, 5.41) is 17.4. The van der Waals surface area contributed by atoms with Crippen LogP contribution in [-0.4, -0.2) is 96.3 Å². The van der Waals surface area contributed by atoms with Crippen LogP contribution in [0.5, 0.6) is 0 Å². The van der Waals surface area contributed by atoms with Gasteiger partial charge >= 0.3 is 5.97 Å². The third kappa shape index (κ3) is 6.25. The van der Waals surface area contributed by atoms with Gasteiger partial charge in [-0.25, -0.2) is 14.8 Å². The first-order valence-electron chi connectivity index (χ1n) is 12.2. The topological polar surface area (TPSA) is 129 Å². The molecule has 1 saturated heterocycles. The van der Waals surface area contributed by atoms with E-state index in [4.69, 9.17) is 28.2 Å². The van der Waals surface area contributed by atoms with Crippen LogP contribution in [0, 0.1) is 6.92 Å². The van der Waals surface area contributed by atoms with Crippen LogP contribution in [-0.2, 0) is 0 Å². The van der Waals surface area contributed by atoms with Crippen molar-refractivity contribution in [3.05, 3.63) is 44.0 Å². The Hall–Kier alpha value is -2.80. The lowest BCUT2D eigenvalue weighted by Crippen LogP contribution is -2.44. The van der Waals surface area contributed by atoms with Crippen molar-refractivity contribution in [1.82, 2.24) is 30.4 Å². The number of anilines is 1. The van der Waals surface area contributed by atoms with Crippen molar-refractivity contribution >= 4 is 57.8 Å². The Kier molecular flexibility index (Phi) is 8.86. The maximum atomic E-state index is 12.7. The third-order valence-corrected chi connectivity index (χ3v) is 8.55. The summed E-state index contributed by atoms with van der Waals surface area (Å²) >= 11 is 13.4. The number of aryl methyl sites for hydroxylation is 1. The fourth-order valence-electron chi connectivity index (χ4n) is 4.33. The highest BCUT2D eigenvalue weighted by Crippen LogP contribution is 2.34. The molecule has 0 bridgehead atoms. The van der Waals surface area contributed by atoms with E-state index in [2.05, 4.69) is 30.4 Å². The number of amides is 1. The number of nitrogens with zero attached hydrogens (tertiary/aromatic N) is 5. The van der Waals surface area contributed by atoms with Crippen molar-refractivity contribution in [3.8, 4) is 0 Å². The van der Waals surface area contributed by atoms with Crippen LogP contribution in [0.1, 0.15) is 50.4 Å². The van der Waals surface area contributed by atoms with Crippen molar-refractivity contribution in [3.63, 3.8) is 0 Å². The molecule has 4 N–H and O–H groups in total. The number of H-pyrrole nitrogens is 1. The second-order valence-corrected chi connectivity index (χ2v) is 11.4. The lowest BCUT2D eigenvalue weighted by Gasteiger charge is -2.32. The van der Waals surface area contributed by atoms with E-state index >= 15 is 0 Å². The maximum Gasteiger partial charge on any atom is 0.347 e. The molecule has 38 heavy (non-hydrogen) atoms. The van der Waals surface area contributed by atoms with Gasteiger partial charge in [-0.15, -0.1) is 0 Å². The minimum atomic E-state index is -1.01. The lowest BCUT2D eigenvalue weighted by atomic mass is 10.1. The number of nitrogens with one attached hydrogen (secondary N) is 3. The van der Waals surface area contributed by atoms with Crippen molar-refractivity contribution in [1.29, 1.82) is 0 Å². The highest BCUT2D eigenvalue weighted by Gasteiger charge is 2.31. The molecule has 1 fully saturated rings. The number of carbonyl (C=O) groups excluding carboxylic acids is 1. The van der Waals surface area contributed by atoms with E-state index < -0.39 is 5.97 Å². The molecule has 0 aromatic carbocycles. The van der Waals surface area contributed by atoms with Gasteiger partial charge in [0.05, 0.1) is 15.7 Å². The van der Waals surface area contributed by atoms with Crippen LogP contribution in [0.25, 0.3) is 0 Å². The van der Waals surface area contributed by atoms with Gasteiger partial charge in [0.1, 0.15) is 22.4 Å². The maximum absolute atomic E-state index is 12.7. The number of likely N-dealkylation sites (N-methyl/N-ethyl adjacent to an activating group) is 1. The van der Waals surface area contributed by atoms with Crippen LogP contribution in [0.15, 0.2) is 17.0 Å². The Bertz CT molecular complexity index is 1250. The minimum Gasteiger partial charge on any atom is -0.477 e. The first-order valence-corrected chi connectivity index (χ1v) is 13.8. The average molecular weight is 584 g/mol. The summed E-state index contributed by atoms with van der Waals surface area (Å²) in [5.41, 5.74) is 1.37. The predicted molar refractivity (Wildman–Crippen MR) is 151 cm³/mol. The van der Waals surface area contributed by atoms with E-state index in [0.29, 0.717) is 47.5 Å². The Morgan fingerprint density at radius 3 is 2.55 bits per heavy atom. The molecule has 4 heterocycles. The van der Waals surface area contributed by atoms with Gasteiger partial charge < -0.3 is 35.4 Å². The number of halogens is 2. The molecule has 206 valence electrons. The van der Waals surface area contributed by atoms with Crippen molar-refractivity contribution in [2.75, 3.05) is 52.2 Å². The van der Waals surface area contributed by atoms with Crippen molar-refractivity contribution in [2.24, 2.45) is 4.99 Å². The third-order valence-electron chi connectivity index (χ3n) is 6.48. The number of piperidine rings is 1. The van der Waals surface area contributed by atoms with E-state index in [0.717, 1.165) is 18.9 Å². The van der Waals surface area contributed by atoms with Gasteiger partial charge in [0, 0.05) is 57.4 Å². The summed E-state index contributed by atoms with van der Waals surface area (Å²) in [5.74, 6) is -0.583. The minimum absolute atomic E-state index is 0.0456. The van der Waals surface area contributed by atoms with Gasteiger partial charge in [-0.3, -0.25) is 4.79 Å². The molecule has 4 rings (SSSR count). The number of carboxylic acids is 1. The first kappa shape index (κ1) is 28.2. The Balaban J connectivity index is 1.39. The number of aromatic carboxylic acids is 1. The van der Waals surface area contributed by atoms with E-state index in [9.17, 15) is 14.7 Å².